The monoisotopic (exact) mass is 333 g/mol. The van der Waals surface area contributed by atoms with Crippen molar-refractivity contribution in [3.8, 4) is 0 Å². The molecule has 0 aliphatic heterocycles. The van der Waals surface area contributed by atoms with E-state index in [0.717, 1.165) is 0 Å². The van der Waals surface area contributed by atoms with Gasteiger partial charge in [0.05, 0.1) is 11.5 Å². The highest BCUT2D eigenvalue weighted by atomic mass is 79.9. The molecule has 1 N–H and O–H groups in total. The molecule has 1 rings (SSSR count). The lowest BCUT2D eigenvalue weighted by Gasteiger charge is -2.09. The zero-order chi connectivity index (χ0) is 13.8. The molecule has 0 aliphatic rings. The summed E-state index contributed by atoms with van der Waals surface area (Å²) in [6.45, 7) is 5.10. The van der Waals surface area contributed by atoms with Gasteiger partial charge < -0.3 is 4.74 Å². The first-order valence-electron chi connectivity index (χ1n) is 5.01. The van der Waals surface area contributed by atoms with Crippen molar-refractivity contribution in [2.45, 2.75) is 11.8 Å². The SMILES string of the molecule is C=C(NS(=O)(=O)c1cccc(Br)c1)C(=O)OCC. The highest BCUT2D eigenvalue weighted by Crippen LogP contribution is 2.16. The third kappa shape index (κ3) is 3.85. The molecule has 1 aromatic rings. The normalized spacial score (nSPS) is 10.8. The maximum absolute atomic E-state index is 11.9. The van der Waals surface area contributed by atoms with Crippen molar-refractivity contribution < 1.29 is 17.9 Å². The second-order valence-electron chi connectivity index (χ2n) is 3.26. The lowest BCUT2D eigenvalue weighted by atomic mass is 10.4. The van der Waals surface area contributed by atoms with Gasteiger partial charge in [-0.05, 0) is 25.1 Å². The van der Waals surface area contributed by atoms with Gasteiger partial charge in [0.2, 0.25) is 0 Å². The van der Waals surface area contributed by atoms with Crippen LogP contribution in [0.4, 0.5) is 0 Å². The maximum Gasteiger partial charge on any atom is 0.354 e. The number of hydrogen-bond acceptors (Lipinski definition) is 4. The first-order valence-corrected chi connectivity index (χ1v) is 7.29. The second kappa shape index (κ2) is 6.01. The van der Waals surface area contributed by atoms with Crippen LogP contribution in [0.3, 0.4) is 0 Å². The number of benzene rings is 1. The molecule has 0 unspecified atom stereocenters. The molecular weight excluding hydrogens is 322 g/mol. The predicted molar refractivity (Wildman–Crippen MR) is 70.2 cm³/mol. The van der Waals surface area contributed by atoms with Gasteiger partial charge >= 0.3 is 5.97 Å². The van der Waals surface area contributed by atoms with E-state index in [2.05, 4.69) is 32.0 Å². The van der Waals surface area contributed by atoms with Crippen LogP contribution in [0.1, 0.15) is 6.92 Å². The van der Waals surface area contributed by atoms with Crippen LogP contribution >= 0.6 is 15.9 Å². The van der Waals surface area contributed by atoms with Crippen LogP contribution in [0.25, 0.3) is 0 Å². The number of carbonyl (C=O) groups is 1. The summed E-state index contributed by atoms with van der Waals surface area (Å²) in [5, 5.41) is 0. The molecule has 0 bridgehead atoms. The minimum atomic E-state index is -3.83. The van der Waals surface area contributed by atoms with Crippen LogP contribution in [-0.2, 0) is 19.6 Å². The number of rotatable bonds is 5. The van der Waals surface area contributed by atoms with Crippen molar-refractivity contribution >= 4 is 31.9 Å². The van der Waals surface area contributed by atoms with Gasteiger partial charge in [0.1, 0.15) is 5.70 Å². The van der Waals surface area contributed by atoms with Gasteiger partial charge in [-0.3, -0.25) is 4.72 Å². The standard InChI is InChI=1S/C11H12BrNO4S/c1-3-17-11(14)8(2)13-18(15,16)10-6-4-5-9(12)7-10/h4-7,13H,2-3H2,1H3. The van der Waals surface area contributed by atoms with E-state index in [0.29, 0.717) is 4.47 Å². The molecule has 0 spiro atoms. The van der Waals surface area contributed by atoms with Gasteiger partial charge in [-0.2, -0.15) is 0 Å². The molecule has 0 saturated heterocycles. The Hall–Kier alpha value is -1.34. The van der Waals surface area contributed by atoms with Crippen molar-refractivity contribution in [2.75, 3.05) is 6.61 Å². The number of carbonyl (C=O) groups excluding carboxylic acids is 1. The van der Waals surface area contributed by atoms with Crippen molar-refractivity contribution in [1.82, 2.24) is 4.72 Å². The Kier molecular flexibility index (Phi) is 4.92. The van der Waals surface area contributed by atoms with E-state index in [1.54, 1.807) is 19.1 Å². The third-order valence-corrected chi connectivity index (χ3v) is 3.77. The molecule has 0 aromatic heterocycles. The van der Waals surface area contributed by atoms with Gasteiger partial charge in [-0.25, -0.2) is 13.2 Å². The van der Waals surface area contributed by atoms with Gasteiger partial charge in [0, 0.05) is 4.47 Å². The van der Waals surface area contributed by atoms with Crippen LogP contribution < -0.4 is 4.72 Å². The summed E-state index contributed by atoms with van der Waals surface area (Å²) in [7, 11) is -3.83. The Balaban J connectivity index is 2.89. The lowest BCUT2D eigenvalue weighted by molar-refractivity contribution is -0.138. The summed E-state index contributed by atoms with van der Waals surface area (Å²) >= 11 is 3.17. The Morgan fingerprint density at radius 2 is 2.17 bits per heavy atom. The average Bonchev–Trinajstić information content (AvgIpc) is 2.28. The molecule has 98 valence electrons. The second-order valence-corrected chi connectivity index (χ2v) is 5.86. The zero-order valence-electron chi connectivity index (χ0n) is 9.64. The van der Waals surface area contributed by atoms with Gasteiger partial charge in [0.25, 0.3) is 10.0 Å². The molecule has 0 amide bonds. The van der Waals surface area contributed by atoms with Gasteiger partial charge in [-0.1, -0.05) is 28.6 Å². The molecule has 0 saturated carbocycles. The highest BCUT2D eigenvalue weighted by molar-refractivity contribution is 9.10. The molecule has 1 aromatic carbocycles. The van der Waals surface area contributed by atoms with E-state index >= 15 is 0 Å². The van der Waals surface area contributed by atoms with E-state index in [9.17, 15) is 13.2 Å². The Morgan fingerprint density at radius 3 is 2.72 bits per heavy atom. The van der Waals surface area contributed by atoms with Crippen LogP contribution in [-0.4, -0.2) is 21.0 Å². The molecule has 0 atom stereocenters. The number of ether oxygens (including phenoxy) is 1. The molecule has 0 fully saturated rings. The minimum absolute atomic E-state index is 0.0299. The summed E-state index contributed by atoms with van der Waals surface area (Å²) in [5.41, 5.74) is -0.322. The smallest absolute Gasteiger partial charge is 0.354 e. The van der Waals surface area contributed by atoms with Gasteiger partial charge in [0.15, 0.2) is 0 Å². The molecule has 18 heavy (non-hydrogen) atoms. The van der Waals surface area contributed by atoms with E-state index in [1.807, 2.05) is 0 Å². The van der Waals surface area contributed by atoms with E-state index in [-0.39, 0.29) is 17.2 Å². The Bertz CT molecular complexity index is 568. The minimum Gasteiger partial charge on any atom is -0.461 e. The molecule has 7 heteroatoms. The number of sulfonamides is 1. The summed E-state index contributed by atoms with van der Waals surface area (Å²) in [6, 6.07) is 6.09. The predicted octanol–water partition coefficient (Wildman–Crippen LogP) is 1.80. The van der Waals surface area contributed by atoms with Crippen molar-refractivity contribution in [1.29, 1.82) is 0 Å². The summed E-state index contributed by atoms with van der Waals surface area (Å²) in [4.78, 5) is 11.3. The van der Waals surface area contributed by atoms with Crippen LogP contribution in [0.2, 0.25) is 0 Å². The zero-order valence-corrected chi connectivity index (χ0v) is 12.0. The fourth-order valence-corrected chi connectivity index (χ4v) is 2.73. The summed E-state index contributed by atoms with van der Waals surface area (Å²) in [6.07, 6.45) is 0. The van der Waals surface area contributed by atoms with Gasteiger partial charge in [-0.15, -0.1) is 0 Å². The maximum atomic E-state index is 11.9. The summed E-state index contributed by atoms with van der Waals surface area (Å²) < 4.78 is 31.1. The number of nitrogens with one attached hydrogen (secondary N) is 1. The van der Waals surface area contributed by atoms with Crippen LogP contribution in [0.5, 0.6) is 0 Å². The fraction of sp³-hybridized carbons (Fsp3) is 0.182. The molecule has 0 radical (unpaired) electrons. The topological polar surface area (TPSA) is 72.5 Å². The molecule has 0 heterocycles. The van der Waals surface area contributed by atoms with E-state index in [1.165, 1.54) is 12.1 Å². The molecule has 5 nitrogen and oxygen atoms in total. The van der Waals surface area contributed by atoms with Crippen LogP contribution in [0, 0.1) is 0 Å². The highest BCUT2D eigenvalue weighted by Gasteiger charge is 2.18. The first kappa shape index (κ1) is 14.7. The van der Waals surface area contributed by atoms with E-state index in [4.69, 9.17) is 0 Å². The molecular formula is C11H12BrNO4S. The third-order valence-electron chi connectivity index (χ3n) is 1.89. The first-order chi connectivity index (χ1) is 8.36. The van der Waals surface area contributed by atoms with Crippen molar-refractivity contribution in [2.24, 2.45) is 0 Å². The molecule has 0 aliphatic carbocycles. The Labute approximate surface area is 114 Å². The van der Waals surface area contributed by atoms with Crippen LogP contribution in [0.15, 0.2) is 45.9 Å². The summed E-state index contributed by atoms with van der Waals surface area (Å²) in [5.74, 6) is -0.795. The fourth-order valence-electron chi connectivity index (χ4n) is 1.12. The van der Waals surface area contributed by atoms with E-state index < -0.39 is 16.0 Å². The van der Waals surface area contributed by atoms with Crippen molar-refractivity contribution in [3.05, 3.63) is 41.0 Å². The van der Waals surface area contributed by atoms with Crippen molar-refractivity contribution in [3.63, 3.8) is 0 Å². The Morgan fingerprint density at radius 1 is 1.50 bits per heavy atom. The number of hydrogen-bond donors (Lipinski definition) is 1. The largest absolute Gasteiger partial charge is 0.461 e. The lowest BCUT2D eigenvalue weighted by Crippen LogP contribution is -2.28. The quantitative estimate of drug-likeness (QED) is 0.658. The average molecular weight is 334 g/mol. The number of esters is 1. The number of halogens is 1.